The van der Waals surface area contributed by atoms with Crippen molar-refractivity contribution in [2.45, 2.75) is 31.8 Å². The van der Waals surface area contributed by atoms with Crippen LogP contribution in [0, 0.1) is 5.82 Å². The van der Waals surface area contributed by atoms with Gasteiger partial charge in [-0.1, -0.05) is 29.8 Å². The zero-order valence-corrected chi connectivity index (χ0v) is 10.1. The average molecular weight is 243 g/mol. The summed E-state index contributed by atoms with van der Waals surface area (Å²) in [5, 5.41) is 10.2. The van der Waals surface area contributed by atoms with Crippen LogP contribution in [0.25, 0.3) is 0 Å². The van der Waals surface area contributed by atoms with Crippen LogP contribution in [0.5, 0.6) is 0 Å². The maximum absolute atomic E-state index is 13.6. The molecule has 0 spiro atoms. The van der Waals surface area contributed by atoms with E-state index in [-0.39, 0.29) is 11.4 Å². The highest BCUT2D eigenvalue weighted by atomic mass is 35.5. The van der Waals surface area contributed by atoms with Crippen LogP contribution in [0.2, 0.25) is 5.02 Å². The predicted molar refractivity (Wildman–Crippen MR) is 65.2 cm³/mol. The topological polar surface area (TPSA) is 20.2 Å². The lowest BCUT2D eigenvalue weighted by atomic mass is 9.91. The molecule has 0 fully saturated rings. The Morgan fingerprint density at radius 1 is 1.56 bits per heavy atom. The number of hydrogen-bond donors (Lipinski definition) is 1. The Hall–Kier alpha value is -0.860. The van der Waals surface area contributed by atoms with E-state index in [0.29, 0.717) is 18.4 Å². The van der Waals surface area contributed by atoms with Gasteiger partial charge in [-0.3, -0.25) is 0 Å². The highest BCUT2D eigenvalue weighted by Gasteiger charge is 2.22. The molecule has 0 aliphatic rings. The quantitative estimate of drug-likeness (QED) is 0.780. The Labute approximate surface area is 101 Å². The second-order valence-electron chi connectivity index (χ2n) is 4.21. The number of aliphatic hydroxyl groups is 1. The maximum Gasteiger partial charge on any atom is 0.145 e. The van der Waals surface area contributed by atoms with Gasteiger partial charge in [-0.15, -0.1) is 6.58 Å². The Bertz CT molecular complexity index is 374. The lowest BCUT2D eigenvalue weighted by Crippen LogP contribution is -2.27. The number of benzene rings is 1. The molecule has 1 nitrogen and oxygen atoms in total. The zero-order valence-electron chi connectivity index (χ0n) is 9.34. The largest absolute Gasteiger partial charge is 0.390 e. The Morgan fingerprint density at radius 3 is 2.88 bits per heavy atom. The van der Waals surface area contributed by atoms with Gasteiger partial charge in [-0.2, -0.15) is 0 Å². The molecule has 0 radical (unpaired) electrons. The van der Waals surface area contributed by atoms with E-state index in [0.717, 1.165) is 0 Å². The summed E-state index contributed by atoms with van der Waals surface area (Å²) in [4.78, 5) is 0. The minimum absolute atomic E-state index is 0.0945. The summed E-state index contributed by atoms with van der Waals surface area (Å²) in [6.07, 6.45) is 3.26. The minimum atomic E-state index is -0.931. The van der Waals surface area contributed by atoms with E-state index in [1.165, 1.54) is 6.07 Å². The van der Waals surface area contributed by atoms with Crippen LogP contribution in [0.3, 0.4) is 0 Å². The average Bonchev–Trinajstić information content (AvgIpc) is 2.22. The van der Waals surface area contributed by atoms with Crippen molar-refractivity contribution >= 4 is 11.6 Å². The molecule has 0 saturated heterocycles. The molecular weight excluding hydrogens is 227 g/mol. The lowest BCUT2D eigenvalue weighted by molar-refractivity contribution is 0.0515. The first-order valence-corrected chi connectivity index (χ1v) is 5.60. The second kappa shape index (κ2) is 5.46. The molecule has 1 aromatic rings. The van der Waals surface area contributed by atoms with Crippen molar-refractivity contribution in [1.82, 2.24) is 0 Å². The molecule has 1 atom stereocenters. The third-order valence-electron chi connectivity index (χ3n) is 2.49. The van der Waals surface area contributed by atoms with Gasteiger partial charge in [-0.25, -0.2) is 4.39 Å². The molecule has 0 amide bonds. The molecule has 1 rings (SSSR count). The zero-order chi connectivity index (χ0) is 12.2. The van der Waals surface area contributed by atoms with E-state index >= 15 is 0 Å². The summed E-state index contributed by atoms with van der Waals surface area (Å²) in [7, 11) is 0. The standard InChI is InChI=1S/C13H16ClFO/c1-3-4-8-13(2,16)9-10-6-5-7-11(14)12(10)15/h3,5-7,16H,1,4,8-9H2,2H3. The summed E-state index contributed by atoms with van der Waals surface area (Å²) in [6.45, 7) is 5.29. The van der Waals surface area contributed by atoms with E-state index in [1.54, 1.807) is 25.1 Å². The van der Waals surface area contributed by atoms with Crippen molar-refractivity contribution in [1.29, 1.82) is 0 Å². The van der Waals surface area contributed by atoms with E-state index in [4.69, 9.17) is 11.6 Å². The molecule has 1 unspecified atom stereocenters. The van der Waals surface area contributed by atoms with Gasteiger partial charge in [0, 0.05) is 6.42 Å². The first-order valence-electron chi connectivity index (χ1n) is 5.22. The number of hydrogen-bond acceptors (Lipinski definition) is 1. The molecule has 1 aromatic carbocycles. The van der Waals surface area contributed by atoms with Gasteiger partial charge in [0.15, 0.2) is 0 Å². The Kier molecular flexibility index (Phi) is 4.51. The normalized spacial score (nSPS) is 14.5. The van der Waals surface area contributed by atoms with E-state index < -0.39 is 11.4 Å². The van der Waals surface area contributed by atoms with Crippen molar-refractivity contribution < 1.29 is 9.50 Å². The van der Waals surface area contributed by atoms with Gasteiger partial charge < -0.3 is 5.11 Å². The van der Waals surface area contributed by atoms with Crippen LogP contribution in [0.15, 0.2) is 30.9 Å². The Morgan fingerprint density at radius 2 is 2.25 bits per heavy atom. The number of halogens is 2. The minimum Gasteiger partial charge on any atom is -0.390 e. The first-order chi connectivity index (χ1) is 7.46. The maximum atomic E-state index is 13.6. The fourth-order valence-electron chi connectivity index (χ4n) is 1.60. The van der Waals surface area contributed by atoms with Crippen molar-refractivity contribution in [2.75, 3.05) is 0 Å². The monoisotopic (exact) mass is 242 g/mol. The fourth-order valence-corrected chi connectivity index (χ4v) is 1.79. The fraction of sp³-hybridized carbons (Fsp3) is 0.385. The number of rotatable bonds is 5. The van der Waals surface area contributed by atoms with Crippen LogP contribution in [-0.2, 0) is 6.42 Å². The molecule has 0 aromatic heterocycles. The van der Waals surface area contributed by atoms with Gasteiger partial charge in [0.25, 0.3) is 0 Å². The molecule has 0 heterocycles. The highest BCUT2D eigenvalue weighted by molar-refractivity contribution is 6.30. The SMILES string of the molecule is C=CCCC(C)(O)Cc1cccc(Cl)c1F. The summed E-state index contributed by atoms with van der Waals surface area (Å²) in [6, 6.07) is 4.83. The van der Waals surface area contributed by atoms with Gasteiger partial charge >= 0.3 is 0 Å². The summed E-state index contributed by atoms with van der Waals surface area (Å²) in [5.41, 5.74) is -0.485. The number of allylic oxidation sites excluding steroid dienone is 1. The Balaban J connectivity index is 2.79. The summed E-state index contributed by atoms with van der Waals surface area (Å²) in [5.74, 6) is -0.442. The van der Waals surface area contributed by atoms with Crippen LogP contribution >= 0.6 is 11.6 Å². The summed E-state index contributed by atoms with van der Waals surface area (Å²) < 4.78 is 13.6. The molecule has 3 heteroatoms. The molecular formula is C13H16ClFO. The first kappa shape index (κ1) is 13.2. The van der Waals surface area contributed by atoms with Crippen molar-refractivity contribution in [3.05, 3.63) is 47.3 Å². The van der Waals surface area contributed by atoms with Crippen molar-refractivity contribution in [2.24, 2.45) is 0 Å². The van der Waals surface area contributed by atoms with Gasteiger partial charge in [-0.05, 0) is 31.4 Å². The highest BCUT2D eigenvalue weighted by Crippen LogP contribution is 2.24. The van der Waals surface area contributed by atoms with Crippen LogP contribution in [0.4, 0.5) is 4.39 Å². The van der Waals surface area contributed by atoms with E-state index in [1.807, 2.05) is 0 Å². The van der Waals surface area contributed by atoms with Crippen LogP contribution in [0.1, 0.15) is 25.3 Å². The summed E-state index contributed by atoms with van der Waals surface area (Å²) >= 11 is 5.67. The molecule has 0 aliphatic carbocycles. The van der Waals surface area contributed by atoms with Crippen molar-refractivity contribution in [3.63, 3.8) is 0 Å². The van der Waals surface area contributed by atoms with Crippen molar-refractivity contribution in [3.8, 4) is 0 Å². The third-order valence-corrected chi connectivity index (χ3v) is 2.78. The molecule has 0 bridgehead atoms. The molecule has 1 N–H and O–H groups in total. The molecule has 88 valence electrons. The van der Waals surface area contributed by atoms with E-state index in [2.05, 4.69) is 6.58 Å². The predicted octanol–water partition coefficient (Wildman–Crippen LogP) is 3.74. The molecule has 0 saturated carbocycles. The van der Waals surface area contributed by atoms with Crippen LogP contribution in [-0.4, -0.2) is 10.7 Å². The van der Waals surface area contributed by atoms with Gasteiger partial charge in [0.1, 0.15) is 5.82 Å². The van der Waals surface area contributed by atoms with Gasteiger partial charge in [0.2, 0.25) is 0 Å². The van der Waals surface area contributed by atoms with Crippen LogP contribution < -0.4 is 0 Å². The second-order valence-corrected chi connectivity index (χ2v) is 4.62. The third kappa shape index (κ3) is 3.62. The lowest BCUT2D eigenvalue weighted by Gasteiger charge is -2.23. The smallest absolute Gasteiger partial charge is 0.145 e. The molecule has 0 aliphatic heterocycles. The van der Waals surface area contributed by atoms with E-state index in [9.17, 15) is 9.50 Å². The van der Waals surface area contributed by atoms with Gasteiger partial charge in [0.05, 0.1) is 10.6 Å². The molecule has 16 heavy (non-hydrogen) atoms.